The van der Waals surface area contributed by atoms with Gasteiger partial charge in [0, 0.05) is 143 Å². The minimum Gasteiger partial charge on any atom is -0.463 e. The van der Waals surface area contributed by atoms with Crippen molar-refractivity contribution in [1.82, 2.24) is 14.7 Å². The van der Waals surface area contributed by atoms with Crippen LogP contribution in [0.5, 0.6) is 0 Å². The van der Waals surface area contributed by atoms with Crippen molar-refractivity contribution >= 4 is 120 Å². The van der Waals surface area contributed by atoms with Crippen LogP contribution < -0.4 is 0 Å². The van der Waals surface area contributed by atoms with Crippen LogP contribution in [-0.4, -0.2) is 274 Å². The fourth-order valence-corrected chi connectivity index (χ4v) is 31.5. The monoisotopic (exact) mass is 2090 g/mol. The molecule has 12 bridgehead atoms. The second-order valence-corrected chi connectivity index (χ2v) is 50.2. The third-order valence-electron chi connectivity index (χ3n) is 31.5. The third kappa shape index (κ3) is 24.9. The zero-order valence-corrected chi connectivity index (χ0v) is 87.6. The van der Waals surface area contributed by atoms with Crippen LogP contribution >= 0.6 is 0 Å². The zero-order chi connectivity index (χ0) is 106. The maximum absolute atomic E-state index is 12.8. The minimum atomic E-state index is -3.50. The van der Waals surface area contributed by atoms with E-state index in [9.17, 15) is 97.2 Å². The van der Waals surface area contributed by atoms with Gasteiger partial charge in [-0.15, -0.1) is 0 Å². The van der Waals surface area contributed by atoms with Crippen molar-refractivity contribution in [1.29, 1.82) is 0 Å². The molecule has 0 spiro atoms. The molecule has 18 rings (SSSR count). The van der Waals surface area contributed by atoms with Crippen LogP contribution in [0.3, 0.4) is 0 Å². The number of hydrogen-bond donors (Lipinski definition) is 0. The van der Waals surface area contributed by atoms with Crippen LogP contribution in [-0.2, 0) is 172 Å². The SMILES string of the molecule is C=C(C)C(=O)OCCCC(=O)OC1C2CC3C(=O)N(C(C)(C)C)C1C3C2.C=C(C)C(=O)OCCCC(=O)OC1C2CC3C(=O)N(C(C)(C)C)C1C3C2.C=C(C)C(=O)OCCCC(=O)OC1C2CC3C1OS(=O)(=O)C3C2.C=C(C)C(=O)OCCCC(=O)OC1C2CC3C1OS(=O)(=O)C3C2.C=CC(=O)OCCCC(=O)OC1C2CC3C(=O)N(C(C)(C)C)C1C3C2.C=CC(=O)OCCCC(=O)OC1C2CC3C1OS(=O)(=O)C3C2. The molecule has 0 aromatic carbocycles. The Morgan fingerprint density at radius 2 is 0.497 bits per heavy atom. The zero-order valence-electron chi connectivity index (χ0n) is 85.2. The molecule has 18 fully saturated rings. The van der Waals surface area contributed by atoms with Crippen molar-refractivity contribution in [3.63, 3.8) is 0 Å². The highest BCUT2D eigenvalue weighted by atomic mass is 32.2. The largest absolute Gasteiger partial charge is 0.463 e. The number of likely N-dealkylation sites (tertiary alicyclic amines) is 3. The Hall–Kier alpha value is -9.78. The van der Waals surface area contributed by atoms with E-state index < -0.39 is 136 Å². The first-order chi connectivity index (χ1) is 68.0. The summed E-state index contributed by atoms with van der Waals surface area (Å²) in [6.45, 7) is 46.1. The van der Waals surface area contributed by atoms with Crippen molar-refractivity contribution in [2.24, 2.45) is 88.8 Å². The van der Waals surface area contributed by atoms with Gasteiger partial charge in [-0.3, -0.25) is 55.7 Å². The number of hydrogen-bond acceptors (Lipinski definition) is 36. The number of rotatable bonds is 36. The van der Waals surface area contributed by atoms with E-state index in [1.54, 1.807) is 27.7 Å². The minimum absolute atomic E-state index is 0.0106. The Kier molecular flexibility index (Phi) is 35.1. The predicted molar refractivity (Wildman–Crippen MR) is 512 cm³/mol. The fraction of sp³-hybridized carbons (Fsp3) is 0.738. The van der Waals surface area contributed by atoms with Gasteiger partial charge in [0.25, 0.3) is 30.4 Å². The van der Waals surface area contributed by atoms with E-state index in [4.69, 9.17) is 69.4 Å². The molecule has 3 amide bonds. The van der Waals surface area contributed by atoms with E-state index in [-0.39, 0.29) is 232 Å². The first kappa shape index (κ1) is 112. The molecule has 30 unspecified atom stereocenters. The van der Waals surface area contributed by atoms with E-state index in [0.717, 1.165) is 69.9 Å². The Morgan fingerprint density at radius 1 is 0.303 bits per heavy atom. The number of carbonyl (C=O) groups is 15. The molecule has 0 aromatic heterocycles. The lowest BCUT2D eigenvalue weighted by molar-refractivity contribution is -0.158. The molecular formula is C103H143N3O36S3. The average molecular weight is 2100 g/mol. The molecule has 6 aliphatic heterocycles. The summed E-state index contributed by atoms with van der Waals surface area (Å²) in [7, 11) is -10.5. The van der Waals surface area contributed by atoms with Gasteiger partial charge >= 0.3 is 71.6 Å². The van der Waals surface area contributed by atoms with Crippen LogP contribution in [0.1, 0.15) is 244 Å². The highest BCUT2D eigenvalue weighted by Gasteiger charge is 2.72. The molecule has 42 heteroatoms. The van der Waals surface area contributed by atoms with Gasteiger partial charge in [-0.2, -0.15) is 25.3 Å². The molecule has 0 N–H and O–H groups in total. The fourth-order valence-electron chi connectivity index (χ4n) is 25.8. The molecule has 39 nitrogen and oxygen atoms in total. The normalized spacial score (nSPS) is 34.2. The molecule has 0 radical (unpaired) electrons. The van der Waals surface area contributed by atoms with Gasteiger partial charge in [0.05, 0.1) is 73.5 Å². The van der Waals surface area contributed by atoms with Crippen LogP contribution in [0.15, 0.2) is 73.9 Å². The smallest absolute Gasteiger partial charge is 0.333 e. The summed E-state index contributed by atoms with van der Waals surface area (Å²) in [5, 5.41) is -1.27. The van der Waals surface area contributed by atoms with E-state index in [0.29, 0.717) is 104 Å². The number of amides is 3. The first-order valence-corrected chi connectivity index (χ1v) is 55.2. The molecule has 6 saturated heterocycles. The third-order valence-corrected chi connectivity index (χ3v) is 36.9. The van der Waals surface area contributed by atoms with Crippen molar-refractivity contribution in [2.45, 2.75) is 350 Å². The topological polar surface area (TPSA) is 507 Å². The Bertz CT molecular complexity index is 5210. The molecule has 12 aliphatic carbocycles. The summed E-state index contributed by atoms with van der Waals surface area (Å²) in [4.78, 5) is 183. The lowest BCUT2D eigenvalue weighted by atomic mass is 9.87. The number of esters is 12. The van der Waals surface area contributed by atoms with Gasteiger partial charge in [-0.1, -0.05) is 39.5 Å². The Morgan fingerprint density at radius 3 is 0.697 bits per heavy atom. The van der Waals surface area contributed by atoms with Gasteiger partial charge in [-0.25, -0.2) is 28.8 Å². The summed E-state index contributed by atoms with van der Waals surface area (Å²) >= 11 is 0. The standard InChI is InChI=1S/2C20H29NO5.C19H27NO5.2C15H20O7S.C14H18O7S/c2*1-11(2)19(24)25-8-6-7-15(22)26-17-12-9-13-14(10-12)18(23)21(16(13)17)20(3,4)5;1-5-14(21)24-8-6-7-15(22)25-17-11-9-12-13(10-11)18(23)20(16(12)17)19(2,3)4;2*1-8(2)15(17)20-5-3-4-12(16)21-13-9-6-10-11(7-9)23(18,19)22-14(10)13;1-2-11(15)19-5-3-4-12(16)20-13-8-6-9-10(7-8)22(17,18)21-14(9)13/h2*12-14,16-17H,1,6-10H2,2-5H3;5,11-13,16-17H,1,6-10H2,2-4H3;2*9-11,13-14H,1,3-7H2,2H3;2,8-10,13-14H,1,3-7H2. The maximum Gasteiger partial charge on any atom is 0.333 e. The second kappa shape index (κ2) is 45.3. The number of ether oxygens (including phenoxy) is 12. The highest BCUT2D eigenvalue weighted by Crippen LogP contribution is 2.63. The Labute approximate surface area is 848 Å². The van der Waals surface area contributed by atoms with Crippen LogP contribution in [0.4, 0.5) is 0 Å². The van der Waals surface area contributed by atoms with Gasteiger partial charge in [0.15, 0.2) is 0 Å². The quantitative estimate of drug-likeness (QED) is 0.0185. The Balaban J connectivity index is 0.000000146. The molecule has 18 aliphatic rings. The van der Waals surface area contributed by atoms with Crippen LogP contribution in [0.25, 0.3) is 0 Å². The van der Waals surface area contributed by atoms with Gasteiger partial charge in [0.1, 0.15) is 54.9 Å². The summed E-state index contributed by atoms with van der Waals surface area (Å²) < 4.78 is 149. The highest BCUT2D eigenvalue weighted by molar-refractivity contribution is 7.88. The summed E-state index contributed by atoms with van der Waals surface area (Å²) in [5.41, 5.74) is 0.504. The molecule has 12 saturated carbocycles. The maximum atomic E-state index is 12.8. The molecular weight excluding hydrogens is 1950 g/mol. The van der Waals surface area contributed by atoms with E-state index >= 15 is 0 Å². The van der Waals surface area contributed by atoms with Crippen molar-refractivity contribution in [2.75, 3.05) is 39.6 Å². The summed E-state index contributed by atoms with van der Waals surface area (Å²) in [5.74, 6) is -2.05. The van der Waals surface area contributed by atoms with Crippen molar-refractivity contribution in [3.05, 3.63) is 73.9 Å². The molecule has 6 heterocycles. The van der Waals surface area contributed by atoms with Gasteiger partial charge in [-0.05, 0) is 241 Å². The number of carbonyl (C=O) groups excluding carboxylic acids is 15. The lowest BCUT2D eigenvalue weighted by Gasteiger charge is -2.39. The van der Waals surface area contributed by atoms with E-state index in [1.807, 2.05) is 77.0 Å². The molecule has 145 heavy (non-hydrogen) atoms. The van der Waals surface area contributed by atoms with Crippen LogP contribution in [0.2, 0.25) is 0 Å². The summed E-state index contributed by atoms with van der Waals surface area (Å²) in [6, 6.07) is 0.0340. The first-order valence-electron chi connectivity index (χ1n) is 50.8. The summed E-state index contributed by atoms with van der Waals surface area (Å²) in [6.07, 6.45) is 11.0. The van der Waals surface area contributed by atoms with Gasteiger partial charge in [0.2, 0.25) is 17.7 Å². The molecule has 0 aromatic rings. The number of fused-ring (bicyclic) bond motifs is 6. The van der Waals surface area contributed by atoms with E-state index in [1.165, 1.54) is 0 Å². The van der Waals surface area contributed by atoms with E-state index in [2.05, 4.69) is 39.5 Å². The molecule has 804 valence electrons. The second-order valence-electron chi connectivity index (χ2n) is 44.8. The van der Waals surface area contributed by atoms with Crippen molar-refractivity contribution in [3.8, 4) is 0 Å². The molecule has 30 atom stereocenters. The average Bonchev–Trinajstić information content (AvgIpc) is 1.53. The van der Waals surface area contributed by atoms with Crippen molar-refractivity contribution < 1.29 is 167 Å². The van der Waals surface area contributed by atoms with Gasteiger partial charge < -0.3 is 71.5 Å². The number of nitrogens with zero attached hydrogens (tertiary/aromatic N) is 3. The lowest BCUT2D eigenvalue weighted by Crippen LogP contribution is -2.52. The predicted octanol–water partition coefficient (Wildman–Crippen LogP) is 9.41. The van der Waals surface area contributed by atoms with Crippen LogP contribution in [0, 0.1) is 88.8 Å².